The minimum atomic E-state index is -0.0539. The maximum atomic E-state index is 12.4. The third-order valence-corrected chi connectivity index (χ3v) is 7.06. The summed E-state index contributed by atoms with van der Waals surface area (Å²) in [4.78, 5) is 24.3. The smallest absolute Gasteiger partial charge is 0.230 e. The van der Waals surface area contributed by atoms with Crippen LogP contribution in [0.5, 0.6) is 0 Å². The number of H-pyrrole nitrogens is 1. The Morgan fingerprint density at radius 1 is 1.17 bits per heavy atom. The summed E-state index contributed by atoms with van der Waals surface area (Å²) in [6, 6.07) is 9.97. The van der Waals surface area contributed by atoms with Crippen LogP contribution in [0.25, 0.3) is 10.7 Å². The summed E-state index contributed by atoms with van der Waals surface area (Å²) in [5, 5.41) is 12.6. The van der Waals surface area contributed by atoms with Gasteiger partial charge in [-0.25, -0.2) is 9.97 Å². The molecule has 0 atom stereocenters. The quantitative estimate of drug-likeness (QED) is 0.395. The molecule has 0 saturated carbocycles. The van der Waals surface area contributed by atoms with Crippen LogP contribution in [0.3, 0.4) is 0 Å². The van der Waals surface area contributed by atoms with Crippen molar-refractivity contribution in [2.45, 2.75) is 31.7 Å². The van der Waals surface area contributed by atoms with Crippen LogP contribution in [0.4, 0.5) is 10.8 Å². The summed E-state index contributed by atoms with van der Waals surface area (Å²) < 4.78 is 0. The van der Waals surface area contributed by atoms with Gasteiger partial charge in [-0.3, -0.25) is 14.8 Å². The Balaban J connectivity index is 1.50. The maximum absolute atomic E-state index is 12.4. The molecule has 148 valence electrons. The molecular weight excluding hydrogens is 422 g/mol. The van der Waals surface area contributed by atoms with Crippen LogP contribution >= 0.6 is 34.4 Å². The van der Waals surface area contributed by atoms with Crippen LogP contribution in [0.2, 0.25) is 0 Å². The van der Waals surface area contributed by atoms with Crippen molar-refractivity contribution in [1.82, 2.24) is 20.2 Å². The highest BCUT2D eigenvalue weighted by molar-refractivity contribution is 7.98. The minimum Gasteiger partial charge on any atom is -0.274 e. The molecule has 0 aliphatic heterocycles. The SMILES string of the molecule is CC(=O)N(c1nc(CSc2n[nH]c(-c3cccs3)n2)cs1)c1cccc(C)c1C. The van der Waals surface area contributed by atoms with E-state index in [2.05, 4.69) is 20.2 Å². The van der Waals surface area contributed by atoms with Crippen LogP contribution < -0.4 is 4.90 Å². The minimum absolute atomic E-state index is 0.0539. The average molecular weight is 442 g/mol. The molecule has 9 heteroatoms. The van der Waals surface area contributed by atoms with E-state index in [-0.39, 0.29) is 5.91 Å². The zero-order chi connectivity index (χ0) is 20.4. The van der Waals surface area contributed by atoms with E-state index in [9.17, 15) is 4.79 Å². The number of aryl methyl sites for hydroxylation is 1. The van der Waals surface area contributed by atoms with E-state index >= 15 is 0 Å². The number of carbonyl (C=O) groups excluding carboxylic acids is 1. The van der Waals surface area contributed by atoms with Gasteiger partial charge in [-0.05, 0) is 42.5 Å². The topological polar surface area (TPSA) is 74.8 Å². The van der Waals surface area contributed by atoms with Crippen molar-refractivity contribution in [2.24, 2.45) is 0 Å². The van der Waals surface area contributed by atoms with Crippen molar-refractivity contribution in [1.29, 1.82) is 0 Å². The van der Waals surface area contributed by atoms with E-state index in [0.29, 0.717) is 16.0 Å². The monoisotopic (exact) mass is 441 g/mol. The molecule has 0 radical (unpaired) electrons. The first-order valence-corrected chi connectivity index (χ1v) is 11.7. The van der Waals surface area contributed by atoms with E-state index in [1.807, 2.05) is 54.9 Å². The molecule has 0 fully saturated rings. The first kappa shape index (κ1) is 19.8. The van der Waals surface area contributed by atoms with E-state index < -0.39 is 0 Å². The lowest BCUT2D eigenvalue weighted by molar-refractivity contribution is -0.115. The third-order valence-electron chi connectivity index (χ3n) is 4.43. The second-order valence-electron chi connectivity index (χ2n) is 6.43. The van der Waals surface area contributed by atoms with Crippen LogP contribution in [-0.4, -0.2) is 26.1 Å². The fourth-order valence-corrected chi connectivity index (χ4v) is 5.16. The lowest BCUT2D eigenvalue weighted by Gasteiger charge is -2.21. The molecule has 29 heavy (non-hydrogen) atoms. The highest BCUT2D eigenvalue weighted by Gasteiger charge is 2.20. The zero-order valence-electron chi connectivity index (χ0n) is 16.2. The number of nitrogens with zero attached hydrogens (tertiary/aromatic N) is 4. The molecule has 1 aromatic carbocycles. The molecule has 0 saturated heterocycles. The summed E-state index contributed by atoms with van der Waals surface area (Å²) in [6.07, 6.45) is 0. The van der Waals surface area contributed by atoms with Crippen molar-refractivity contribution in [3.63, 3.8) is 0 Å². The van der Waals surface area contributed by atoms with Gasteiger partial charge in [0.15, 0.2) is 11.0 Å². The Kier molecular flexibility index (Phi) is 5.79. The molecule has 4 aromatic rings. The molecule has 0 aliphatic carbocycles. The standard InChI is InChI=1S/C20H19N5OS3/c1-12-6-4-7-16(13(12)2)25(14(3)26)20-21-15(11-29-20)10-28-19-22-18(23-24-19)17-8-5-9-27-17/h4-9,11H,10H2,1-3H3,(H,22,23,24). The predicted molar refractivity (Wildman–Crippen MR) is 120 cm³/mol. The summed E-state index contributed by atoms with van der Waals surface area (Å²) >= 11 is 4.61. The first-order chi connectivity index (χ1) is 14.0. The number of nitrogens with one attached hydrogen (secondary N) is 1. The number of hydrogen-bond acceptors (Lipinski definition) is 7. The molecule has 3 heterocycles. The largest absolute Gasteiger partial charge is 0.274 e. The number of anilines is 2. The van der Waals surface area contributed by atoms with Crippen molar-refractivity contribution in [2.75, 3.05) is 4.90 Å². The summed E-state index contributed by atoms with van der Waals surface area (Å²) in [5.41, 5.74) is 4.00. The number of thiazole rings is 1. The Morgan fingerprint density at radius 3 is 2.79 bits per heavy atom. The first-order valence-electron chi connectivity index (χ1n) is 8.93. The lowest BCUT2D eigenvalue weighted by atomic mass is 10.1. The highest BCUT2D eigenvalue weighted by Crippen LogP contribution is 2.33. The Morgan fingerprint density at radius 2 is 2.03 bits per heavy atom. The zero-order valence-corrected chi connectivity index (χ0v) is 18.6. The molecule has 4 rings (SSSR count). The molecule has 0 bridgehead atoms. The number of carbonyl (C=O) groups is 1. The summed E-state index contributed by atoms with van der Waals surface area (Å²) in [7, 11) is 0. The number of benzene rings is 1. The van der Waals surface area contributed by atoms with Gasteiger partial charge in [0.25, 0.3) is 0 Å². The molecular formula is C20H19N5OS3. The maximum Gasteiger partial charge on any atom is 0.230 e. The molecule has 0 spiro atoms. The van der Waals surface area contributed by atoms with Gasteiger partial charge in [-0.15, -0.1) is 27.8 Å². The number of aromatic amines is 1. The second-order valence-corrected chi connectivity index (χ2v) is 9.15. The highest BCUT2D eigenvalue weighted by atomic mass is 32.2. The number of amides is 1. The summed E-state index contributed by atoms with van der Waals surface area (Å²) in [6.45, 7) is 5.64. The van der Waals surface area contributed by atoms with Gasteiger partial charge in [0.1, 0.15) is 0 Å². The van der Waals surface area contributed by atoms with Crippen molar-refractivity contribution in [3.8, 4) is 10.7 Å². The van der Waals surface area contributed by atoms with Gasteiger partial charge < -0.3 is 0 Å². The number of thiophene rings is 1. The van der Waals surface area contributed by atoms with Gasteiger partial charge in [-0.2, -0.15) is 0 Å². The van der Waals surface area contributed by atoms with Crippen molar-refractivity contribution >= 4 is 51.2 Å². The van der Waals surface area contributed by atoms with Gasteiger partial charge in [-0.1, -0.05) is 30.0 Å². The number of aromatic nitrogens is 4. The summed E-state index contributed by atoms with van der Waals surface area (Å²) in [5.74, 6) is 1.36. The van der Waals surface area contributed by atoms with Gasteiger partial charge >= 0.3 is 0 Å². The molecule has 3 aromatic heterocycles. The normalized spacial score (nSPS) is 11.0. The van der Waals surface area contributed by atoms with Gasteiger partial charge in [0.2, 0.25) is 11.1 Å². The van der Waals surface area contributed by atoms with E-state index in [1.165, 1.54) is 23.1 Å². The van der Waals surface area contributed by atoms with Crippen LogP contribution in [0.1, 0.15) is 23.7 Å². The molecule has 0 aliphatic rings. The fourth-order valence-electron chi connectivity index (χ4n) is 2.82. The Hall–Kier alpha value is -2.49. The molecule has 6 nitrogen and oxygen atoms in total. The Labute approximate surface area is 181 Å². The fraction of sp³-hybridized carbons (Fsp3) is 0.200. The Bertz CT molecular complexity index is 1130. The molecule has 1 amide bonds. The van der Waals surface area contributed by atoms with Crippen molar-refractivity contribution in [3.05, 3.63) is 57.9 Å². The number of rotatable bonds is 6. The number of thioether (sulfide) groups is 1. The predicted octanol–water partition coefficient (Wildman–Crippen LogP) is 5.58. The van der Waals surface area contributed by atoms with Crippen LogP contribution in [-0.2, 0) is 10.5 Å². The second kappa shape index (κ2) is 8.48. The number of hydrogen-bond donors (Lipinski definition) is 1. The van der Waals surface area contributed by atoms with Gasteiger partial charge in [0, 0.05) is 18.1 Å². The van der Waals surface area contributed by atoms with E-state index in [4.69, 9.17) is 0 Å². The average Bonchev–Trinajstić information content (AvgIpc) is 3.45. The third kappa shape index (κ3) is 4.26. The van der Waals surface area contributed by atoms with Crippen LogP contribution in [0, 0.1) is 13.8 Å². The van der Waals surface area contributed by atoms with E-state index in [0.717, 1.165) is 33.2 Å². The molecule has 1 N–H and O–H groups in total. The lowest BCUT2D eigenvalue weighted by Crippen LogP contribution is -2.23. The molecule has 0 unspecified atom stereocenters. The van der Waals surface area contributed by atoms with E-state index in [1.54, 1.807) is 23.2 Å². The van der Waals surface area contributed by atoms with Crippen molar-refractivity contribution < 1.29 is 4.79 Å². The van der Waals surface area contributed by atoms with Gasteiger partial charge in [0.05, 0.1) is 16.3 Å². The van der Waals surface area contributed by atoms with Crippen LogP contribution in [0.15, 0.2) is 46.2 Å².